The lowest BCUT2D eigenvalue weighted by molar-refractivity contribution is 0.0734. The smallest absolute Gasteiger partial charge is 0.252 e. The number of aryl methyl sites for hydroxylation is 1. The second-order valence-electron chi connectivity index (χ2n) is 9.96. The molecule has 3 aromatic rings. The highest BCUT2D eigenvalue weighted by atomic mass is 16.5. The summed E-state index contributed by atoms with van der Waals surface area (Å²) in [6, 6.07) is 8.75. The predicted octanol–water partition coefficient (Wildman–Crippen LogP) is 4.29. The van der Waals surface area contributed by atoms with Crippen molar-refractivity contribution < 1.29 is 4.74 Å². The minimum atomic E-state index is -0.00675. The van der Waals surface area contributed by atoms with Crippen LogP contribution in [0.3, 0.4) is 0 Å². The summed E-state index contributed by atoms with van der Waals surface area (Å²) >= 11 is 0. The number of hydrogen-bond donors (Lipinski definition) is 1. The van der Waals surface area contributed by atoms with Crippen molar-refractivity contribution in [3.63, 3.8) is 0 Å². The summed E-state index contributed by atoms with van der Waals surface area (Å²) in [5.41, 5.74) is 2.83. The lowest BCUT2D eigenvalue weighted by atomic mass is 9.92. The van der Waals surface area contributed by atoms with Crippen molar-refractivity contribution in [1.82, 2.24) is 30.1 Å². The van der Waals surface area contributed by atoms with E-state index in [1.807, 2.05) is 17.7 Å². The molecule has 1 saturated carbocycles. The van der Waals surface area contributed by atoms with Crippen LogP contribution >= 0.6 is 0 Å². The average Bonchev–Trinajstić information content (AvgIpc) is 3.53. The number of ether oxygens (including phenoxy) is 1. The van der Waals surface area contributed by atoms with Crippen LogP contribution in [0.25, 0.3) is 10.9 Å². The summed E-state index contributed by atoms with van der Waals surface area (Å²) in [5.74, 6) is 0.886. The Balaban J connectivity index is 1.48. The maximum atomic E-state index is 13.1. The number of benzene rings is 1. The van der Waals surface area contributed by atoms with Crippen molar-refractivity contribution in [3.8, 4) is 0 Å². The maximum absolute atomic E-state index is 13.1. The van der Waals surface area contributed by atoms with Gasteiger partial charge in [0.1, 0.15) is 0 Å². The molecule has 5 rings (SSSR count). The largest absolute Gasteiger partial charge is 0.376 e. The Labute approximate surface area is 200 Å². The molecule has 0 unspecified atom stereocenters. The molecule has 0 amide bonds. The molecule has 3 heterocycles. The Kier molecular flexibility index (Phi) is 7.06. The number of nitrogens with zero attached hydrogens (tertiary/aromatic N) is 5. The lowest BCUT2D eigenvalue weighted by Gasteiger charge is -2.39. The van der Waals surface area contributed by atoms with Crippen molar-refractivity contribution in [2.45, 2.75) is 96.5 Å². The van der Waals surface area contributed by atoms with Gasteiger partial charge in [0.05, 0.1) is 18.7 Å². The molecule has 2 fully saturated rings. The van der Waals surface area contributed by atoms with Gasteiger partial charge in [-0.05, 0) is 72.5 Å². The van der Waals surface area contributed by atoms with Crippen LogP contribution in [0.4, 0.5) is 0 Å². The third kappa shape index (κ3) is 4.93. The molecule has 8 heteroatoms. The Bertz CT molecular complexity index is 1160. The fourth-order valence-corrected chi connectivity index (χ4v) is 5.71. The molecule has 0 radical (unpaired) electrons. The highest BCUT2D eigenvalue weighted by molar-refractivity contribution is 5.79. The van der Waals surface area contributed by atoms with Crippen LogP contribution < -0.4 is 5.56 Å². The minimum absolute atomic E-state index is 0.00675. The third-order valence-electron chi connectivity index (χ3n) is 7.52. The average molecular weight is 465 g/mol. The topological polar surface area (TPSA) is 88.9 Å². The van der Waals surface area contributed by atoms with E-state index in [1.165, 1.54) is 19.3 Å². The number of hydrogen-bond acceptors (Lipinski definition) is 6. The van der Waals surface area contributed by atoms with Crippen molar-refractivity contribution in [3.05, 3.63) is 51.6 Å². The van der Waals surface area contributed by atoms with Gasteiger partial charge in [0.15, 0.2) is 5.82 Å². The van der Waals surface area contributed by atoms with Gasteiger partial charge in [-0.15, -0.1) is 5.10 Å². The number of rotatable bonds is 8. The number of tetrazole rings is 1. The first-order valence-corrected chi connectivity index (χ1v) is 12.9. The van der Waals surface area contributed by atoms with E-state index in [-0.39, 0.29) is 17.7 Å². The van der Waals surface area contributed by atoms with Crippen LogP contribution in [0.15, 0.2) is 29.1 Å². The Morgan fingerprint density at radius 2 is 2.03 bits per heavy atom. The molecule has 2 atom stereocenters. The van der Waals surface area contributed by atoms with Crippen LogP contribution in [-0.4, -0.2) is 48.8 Å². The number of aromatic amines is 1. The van der Waals surface area contributed by atoms with Gasteiger partial charge in [0, 0.05) is 30.3 Å². The normalized spacial score (nSPS) is 20.4. The summed E-state index contributed by atoms with van der Waals surface area (Å²) in [5, 5.41) is 13.9. The highest BCUT2D eigenvalue weighted by Gasteiger charge is 2.32. The zero-order chi connectivity index (χ0) is 23.5. The van der Waals surface area contributed by atoms with E-state index in [9.17, 15) is 4.79 Å². The summed E-state index contributed by atoms with van der Waals surface area (Å²) in [6.45, 7) is 6.34. The van der Waals surface area contributed by atoms with Gasteiger partial charge in [0.2, 0.25) is 0 Å². The molecule has 1 aromatic carbocycles. The van der Waals surface area contributed by atoms with Gasteiger partial charge >= 0.3 is 0 Å². The highest BCUT2D eigenvalue weighted by Crippen LogP contribution is 2.33. The Hall–Kier alpha value is -2.58. The molecule has 182 valence electrons. The number of nitrogens with one attached hydrogen (secondary N) is 1. The number of fused-ring (bicyclic) bond motifs is 1. The van der Waals surface area contributed by atoms with E-state index in [0.29, 0.717) is 19.1 Å². The molecular formula is C26H36N6O2. The van der Waals surface area contributed by atoms with E-state index < -0.39 is 0 Å². The van der Waals surface area contributed by atoms with Gasteiger partial charge in [0.25, 0.3) is 5.56 Å². The summed E-state index contributed by atoms with van der Waals surface area (Å²) < 4.78 is 7.79. The molecule has 2 aromatic heterocycles. The molecule has 8 nitrogen and oxygen atoms in total. The number of H-pyrrole nitrogens is 1. The lowest BCUT2D eigenvalue weighted by Crippen LogP contribution is -2.41. The predicted molar refractivity (Wildman–Crippen MR) is 132 cm³/mol. The number of aromatic nitrogens is 5. The first-order valence-electron chi connectivity index (χ1n) is 12.9. The van der Waals surface area contributed by atoms with E-state index in [1.54, 1.807) is 0 Å². The van der Waals surface area contributed by atoms with E-state index >= 15 is 0 Å². The van der Waals surface area contributed by atoms with E-state index in [0.717, 1.165) is 66.6 Å². The molecular weight excluding hydrogens is 428 g/mol. The van der Waals surface area contributed by atoms with Gasteiger partial charge in [-0.3, -0.25) is 9.69 Å². The molecule has 1 saturated heterocycles. The van der Waals surface area contributed by atoms with Crippen molar-refractivity contribution >= 4 is 10.9 Å². The van der Waals surface area contributed by atoms with Crippen LogP contribution in [0.5, 0.6) is 0 Å². The molecule has 0 bridgehead atoms. The first-order chi connectivity index (χ1) is 16.6. The van der Waals surface area contributed by atoms with Crippen LogP contribution in [0.2, 0.25) is 0 Å². The van der Waals surface area contributed by atoms with Crippen molar-refractivity contribution in [2.24, 2.45) is 0 Å². The second kappa shape index (κ2) is 10.4. The SMILES string of the molecule is CC[C@H](c1nnnn1C[C@@H]1CCCO1)N(Cc1cc2ccc(C)cc2[nH]c1=O)C1CCCCC1. The molecule has 0 spiro atoms. The zero-order valence-electron chi connectivity index (χ0n) is 20.4. The molecule has 1 aliphatic heterocycles. The minimum Gasteiger partial charge on any atom is -0.376 e. The van der Waals surface area contributed by atoms with E-state index in [4.69, 9.17) is 4.74 Å². The molecule has 34 heavy (non-hydrogen) atoms. The van der Waals surface area contributed by atoms with Gasteiger partial charge in [-0.2, -0.15) is 0 Å². The molecule has 1 aliphatic carbocycles. The van der Waals surface area contributed by atoms with Crippen molar-refractivity contribution in [1.29, 1.82) is 0 Å². The van der Waals surface area contributed by atoms with Crippen LogP contribution in [0, 0.1) is 6.92 Å². The van der Waals surface area contributed by atoms with Crippen LogP contribution in [-0.2, 0) is 17.8 Å². The third-order valence-corrected chi connectivity index (χ3v) is 7.52. The standard InChI is InChI=1S/C26H36N6O2/c1-3-24(25-28-29-30-32(25)17-22-10-7-13-34-22)31(21-8-5-4-6-9-21)16-20-15-19-12-11-18(2)14-23(19)27-26(20)33/h11-12,14-15,21-22,24H,3-10,13,16-17H2,1-2H3,(H,27,33)/t22-,24+/m0/s1. The first kappa shape index (κ1) is 23.2. The second-order valence-corrected chi connectivity index (χ2v) is 9.96. The maximum Gasteiger partial charge on any atom is 0.252 e. The van der Waals surface area contributed by atoms with Gasteiger partial charge in [-0.1, -0.05) is 38.3 Å². The van der Waals surface area contributed by atoms with Gasteiger partial charge < -0.3 is 9.72 Å². The zero-order valence-corrected chi connectivity index (χ0v) is 20.4. The quantitative estimate of drug-likeness (QED) is 0.535. The van der Waals surface area contributed by atoms with E-state index in [2.05, 4.69) is 50.5 Å². The Morgan fingerprint density at radius 1 is 1.18 bits per heavy atom. The van der Waals surface area contributed by atoms with Gasteiger partial charge in [-0.25, -0.2) is 4.68 Å². The summed E-state index contributed by atoms with van der Waals surface area (Å²) in [6.07, 6.45) is 9.24. The fourth-order valence-electron chi connectivity index (χ4n) is 5.71. The molecule has 2 aliphatic rings. The monoisotopic (exact) mass is 464 g/mol. The summed E-state index contributed by atoms with van der Waals surface area (Å²) in [4.78, 5) is 18.7. The number of pyridine rings is 1. The Morgan fingerprint density at radius 3 is 2.79 bits per heavy atom. The van der Waals surface area contributed by atoms with Crippen LogP contribution in [0.1, 0.15) is 81.3 Å². The fraction of sp³-hybridized carbons (Fsp3) is 0.615. The summed E-state index contributed by atoms with van der Waals surface area (Å²) in [7, 11) is 0. The molecule has 1 N–H and O–H groups in total. The van der Waals surface area contributed by atoms with Crippen molar-refractivity contribution in [2.75, 3.05) is 6.61 Å².